The van der Waals surface area contributed by atoms with Gasteiger partial charge in [0.25, 0.3) is 0 Å². The summed E-state index contributed by atoms with van der Waals surface area (Å²) in [5.74, 6) is -3.13. The number of nitrogens with one attached hydrogen (secondary N) is 2. The zero-order chi connectivity index (χ0) is 24.1. The van der Waals surface area contributed by atoms with Crippen LogP contribution in [0.1, 0.15) is 62.6 Å². The number of nitrogens with zero attached hydrogens (tertiary/aromatic N) is 2. The number of alkyl halides is 2. The molecular weight excluding hydrogens is 442 g/mol. The second kappa shape index (κ2) is 11.0. The molecule has 188 valence electrons. The Morgan fingerprint density at radius 1 is 1.26 bits per heavy atom. The SMILES string of the molecule is O=C(NC(CCN1CC[C@H](CCc2ccc3c(n2)NCCC3)C1)C(=O)O)C1CCC(F)(F)CC1. The minimum absolute atomic E-state index is 0.105. The van der Waals surface area contributed by atoms with Gasteiger partial charge in [-0.3, -0.25) is 4.79 Å². The van der Waals surface area contributed by atoms with Gasteiger partial charge < -0.3 is 20.6 Å². The van der Waals surface area contributed by atoms with Gasteiger partial charge >= 0.3 is 5.97 Å². The number of rotatable bonds is 9. The van der Waals surface area contributed by atoms with Crippen LogP contribution in [-0.2, 0) is 22.4 Å². The van der Waals surface area contributed by atoms with Gasteiger partial charge in [-0.05, 0) is 75.5 Å². The Bertz CT molecular complexity index is 872. The molecule has 1 saturated carbocycles. The molecule has 0 spiro atoms. The van der Waals surface area contributed by atoms with E-state index in [-0.39, 0.29) is 25.7 Å². The fraction of sp³-hybridized carbons (Fsp3) is 0.720. The van der Waals surface area contributed by atoms with Gasteiger partial charge in [0.05, 0.1) is 0 Å². The van der Waals surface area contributed by atoms with Crippen LogP contribution in [-0.4, -0.2) is 65.0 Å². The highest BCUT2D eigenvalue weighted by atomic mass is 19.3. The monoisotopic (exact) mass is 478 g/mol. The van der Waals surface area contributed by atoms with Crippen LogP contribution in [0, 0.1) is 11.8 Å². The topological polar surface area (TPSA) is 94.6 Å². The lowest BCUT2D eigenvalue weighted by Gasteiger charge is -2.28. The first-order chi connectivity index (χ1) is 16.3. The molecule has 2 fully saturated rings. The van der Waals surface area contributed by atoms with Crippen LogP contribution in [0.2, 0.25) is 0 Å². The zero-order valence-electron chi connectivity index (χ0n) is 19.7. The van der Waals surface area contributed by atoms with Crippen LogP contribution < -0.4 is 10.6 Å². The van der Waals surface area contributed by atoms with Gasteiger partial charge in [-0.2, -0.15) is 0 Å². The van der Waals surface area contributed by atoms with Crippen molar-refractivity contribution in [1.29, 1.82) is 0 Å². The summed E-state index contributed by atoms with van der Waals surface area (Å²) in [6.07, 6.45) is 5.19. The van der Waals surface area contributed by atoms with Crippen LogP contribution in [0.3, 0.4) is 0 Å². The van der Waals surface area contributed by atoms with Gasteiger partial charge in [-0.25, -0.2) is 18.6 Å². The highest BCUT2D eigenvalue weighted by Gasteiger charge is 2.38. The van der Waals surface area contributed by atoms with Crippen molar-refractivity contribution in [2.24, 2.45) is 11.8 Å². The average molecular weight is 479 g/mol. The molecule has 1 aliphatic carbocycles. The van der Waals surface area contributed by atoms with Crippen molar-refractivity contribution in [3.63, 3.8) is 0 Å². The van der Waals surface area contributed by atoms with E-state index in [9.17, 15) is 23.5 Å². The number of aromatic nitrogens is 1. The molecule has 0 radical (unpaired) electrons. The second-order valence-corrected chi connectivity index (χ2v) is 10.2. The first-order valence-electron chi connectivity index (χ1n) is 12.6. The van der Waals surface area contributed by atoms with Gasteiger partial charge in [-0.1, -0.05) is 6.07 Å². The highest BCUT2D eigenvalue weighted by molar-refractivity contribution is 5.85. The summed E-state index contributed by atoms with van der Waals surface area (Å²) in [6, 6.07) is 3.33. The lowest BCUT2D eigenvalue weighted by Crippen LogP contribution is -2.46. The van der Waals surface area contributed by atoms with Crippen LogP contribution in [0.15, 0.2) is 12.1 Å². The number of pyridine rings is 1. The summed E-state index contributed by atoms with van der Waals surface area (Å²) in [4.78, 5) is 31.2. The van der Waals surface area contributed by atoms with E-state index in [2.05, 4.69) is 27.7 Å². The standard InChI is InChI=1S/C25H36F2N4O3/c26-25(27)11-7-19(8-12-25)23(32)30-21(24(33)34)10-15-31-14-9-17(16-31)3-5-20-6-4-18-2-1-13-28-22(18)29-20/h4,6,17,19,21H,1-3,5,7-16H2,(H,28,29)(H,30,32)(H,33,34)/t17-,21?/m0/s1. The number of hydrogen-bond acceptors (Lipinski definition) is 5. The number of aryl methyl sites for hydroxylation is 2. The molecule has 9 heteroatoms. The van der Waals surface area contributed by atoms with Crippen molar-refractivity contribution >= 4 is 17.7 Å². The molecule has 2 atom stereocenters. The van der Waals surface area contributed by atoms with Gasteiger partial charge in [0.1, 0.15) is 11.9 Å². The third-order valence-corrected chi connectivity index (χ3v) is 7.57. The Morgan fingerprint density at radius 2 is 2.06 bits per heavy atom. The smallest absolute Gasteiger partial charge is 0.326 e. The van der Waals surface area contributed by atoms with E-state index >= 15 is 0 Å². The molecule has 34 heavy (non-hydrogen) atoms. The number of hydrogen-bond donors (Lipinski definition) is 3. The van der Waals surface area contributed by atoms with Crippen molar-refractivity contribution in [1.82, 2.24) is 15.2 Å². The van der Waals surface area contributed by atoms with E-state index in [1.54, 1.807) is 0 Å². The van der Waals surface area contributed by atoms with Gasteiger partial charge in [0, 0.05) is 44.1 Å². The molecule has 3 N–H and O–H groups in total. The number of anilines is 1. The Morgan fingerprint density at radius 3 is 2.82 bits per heavy atom. The number of carbonyl (C=O) groups excluding carboxylic acids is 1. The maximum absolute atomic E-state index is 13.3. The molecule has 1 aromatic rings. The molecule has 7 nitrogen and oxygen atoms in total. The highest BCUT2D eigenvalue weighted by Crippen LogP contribution is 2.36. The van der Waals surface area contributed by atoms with E-state index in [0.717, 1.165) is 63.3 Å². The van der Waals surface area contributed by atoms with Crippen molar-refractivity contribution in [3.8, 4) is 0 Å². The normalized spacial score (nSPS) is 23.6. The van der Waals surface area contributed by atoms with E-state index in [1.807, 2.05) is 0 Å². The fourth-order valence-electron chi connectivity index (χ4n) is 5.37. The van der Waals surface area contributed by atoms with Crippen molar-refractivity contribution in [3.05, 3.63) is 23.4 Å². The predicted octanol–water partition coefficient (Wildman–Crippen LogP) is 3.48. The van der Waals surface area contributed by atoms with E-state index in [1.165, 1.54) is 5.56 Å². The summed E-state index contributed by atoms with van der Waals surface area (Å²) in [7, 11) is 0. The van der Waals surface area contributed by atoms with E-state index in [4.69, 9.17) is 4.98 Å². The molecule has 1 unspecified atom stereocenters. The largest absolute Gasteiger partial charge is 0.480 e. The first kappa shape index (κ1) is 24.8. The van der Waals surface area contributed by atoms with Crippen molar-refractivity contribution in [2.75, 3.05) is 31.5 Å². The minimum Gasteiger partial charge on any atom is -0.480 e. The Hall–Kier alpha value is -2.29. The predicted molar refractivity (Wildman–Crippen MR) is 125 cm³/mol. The molecule has 0 aromatic carbocycles. The van der Waals surface area contributed by atoms with Crippen LogP contribution in [0.4, 0.5) is 14.6 Å². The third kappa shape index (κ3) is 6.64. The molecular formula is C25H36F2N4O3. The maximum atomic E-state index is 13.3. The Kier molecular flexibility index (Phi) is 8.01. The van der Waals surface area contributed by atoms with Gasteiger partial charge in [-0.15, -0.1) is 0 Å². The quantitative estimate of drug-likeness (QED) is 0.503. The van der Waals surface area contributed by atoms with Gasteiger partial charge in [0.2, 0.25) is 11.8 Å². The molecule has 3 heterocycles. The summed E-state index contributed by atoms with van der Waals surface area (Å²) < 4.78 is 26.7. The molecule has 1 amide bonds. The molecule has 1 saturated heterocycles. The van der Waals surface area contributed by atoms with Crippen molar-refractivity contribution < 1.29 is 23.5 Å². The Balaban J connectivity index is 1.19. The number of halogens is 2. The first-order valence-corrected chi connectivity index (χ1v) is 12.6. The number of likely N-dealkylation sites (tertiary alicyclic amines) is 1. The number of fused-ring (bicyclic) bond motifs is 1. The molecule has 4 rings (SSSR count). The fourth-order valence-corrected chi connectivity index (χ4v) is 5.37. The molecule has 2 aliphatic heterocycles. The second-order valence-electron chi connectivity index (χ2n) is 10.2. The third-order valence-electron chi connectivity index (χ3n) is 7.57. The number of amides is 1. The van der Waals surface area contributed by atoms with Crippen LogP contribution in [0.25, 0.3) is 0 Å². The number of carboxylic acids is 1. The summed E-state index contributed by atoms with van der Waals surface area (Å²) in [5.41, 5.74) is 2.41. The zero-order valence-corrected chi connectivity index (χ0v) is 19.7. The average Bonchev–Trinajstić information content (AvgIpc) is 3.27. The number of aliphatic carboxylic acids is 1. The summed E-state index contributed by atoms with van der Waals surface area (Å²) in [5, 5.41) is 15.5. The van der Waals surface area contributed by atoms with E-state index < -0.39 is 29.8 Å². The minimum atomic E-state index is -2.71. The molecule has 3 aliphatic rings. The van der Waals surface area contributed by atoms with E-state index in [0.29, 0.717) is 18.9 Å². The van der Waals surface area contributed by atoms with Crippen molar-refractivity contribution in [2.45, 2.75) is 76.2 Å². The maximum Gasteiger partial charge on any atom is 0.326 e. The molecule has 0 bridgehead atoms. The number of carbonyl (C=O) groups is 2. The van der Waals surface area contributed by atoms with Crippen LogP contribution >= 0.6 is 0 Å². The summed E-state index contributed by atoms with van der Waals surface area (Å²) in [6.45, 7) is 3.41. The van der Waals surface area contributed by atoms with Gasteiger partial charge in [0.15, 0.2) is 0 Å². The Labute approximate surface area is 199 Å². The lowest BCUT2D eigenvalue weighted by atomic mass is 9.86. The molecule has 1 aromatic heterocycles. The summed E-state index contributed by atoms with van der Waals surface area (Å²) >= 11 is 0. The number of carboxylic acid groups (broad SMARTS) is 1. The van der Waals surface area contributed by atoms with Crippen LogP contribution in [0.5, 0.6) is 0 Å². The lowest BCUT2D eigenvalue weighted by molar-refractivity contribution is -0.143.